The topological polar surface area (TPSA) is 21.3 Å². The van der Waals surface area contributed by atoms with Crippen molar-refractivity contribution in [2.45, 2.75) is 25.3 Å². The molecule has 1 rings (SSSR count). The van der Waals surface area contributed by atoms with Crippen molar-refractivity contribution in [3.8, 4) is 0 Å². The molecule has 2 nitrogen and oxygen atoms in total. The molecular weight excluding hydrogens is 205 g/mol. The molecule has 0 aromatic heterocycles. The van der Waals surface area contributed by atoms with Gasteiger partial charge in [-0.15, -0.1) is 0 Å². The van der Waals surface area contributed by atoms with Crippen molar-refractivity contribution in [2.24, 2.45) is 0 Å². The van der Waals surface area contributed by atoms with Crippen LogP contribution in [0.25, 0.3) is 0 Å². The Morgan fingerprint density at radius 1 is 1.31 bits per heavy atom. The molecule has 1 aromatic rings. The molecule has 0 bridgehead atoms. The standard InChI is InChI=1S/C13H20FNO/c1-15-13(4-3-9-16-2)10-11-5-7-12(14)8-6-11/h5-8,13,15H,3-4,9-10H2,1-2H3. The average molecular weight is 225 g/mol. The molecule has 3 heteroatoms. The summed E-state index contributed by atoms with van der Waals surface area (Å²) in [4.78, 5) is 0. The van der Waals surface area contributed by atoms with Gasteiger partial charge in [0.05, 0.1) is 0 Å². The van der Waals surface area contributed by atoms with Crippen LogP contribution in [0.15, 0.2) is 24.3 Å². The van der Waals surface area contributed by atoms with Gasteiger partial charge in [-0.1, -0.05) is 12.1 Å². The smallest absolute Gasteiger partial charge is 0.123 e. The Morgan fingerprint density at radius 3 is 2.56 bits per heavy atom. The first-order valence-electron chi connectivity index (χ1n) is 5.67. The van der Waals surface area contributed by atoms with Crippen molar-refractivity contribution in [1.82, 2.24) is 5.32 Å². The van der Waals surface area contributed by atoms with Crippen molar-refractivity contribution in [2.75, 3.05) is 20.8 Å². The second-order valence-electron chi connectivity index (χ2n) is 3.95. The molecule has 0 fully saturated rings. The van der Waals surface area contributed by atoms with Gasteiger partial charge in [-0.25, -0.2) is 4.39 Å². The lowest BCUT2D eigenvalue weighted by Gasteiger charge is -2.15. The first-order valence-corrected chi connectivity index (χ1v) is 5.67. The van der Waals surface area contributed by atoms with Crippen LogP contribution in [0, 0.1) is 5.82 Å². The Labute approximate surface area is 96.8 Å². The Bertz CT molecular complexity index is 286. The van der Waals surface area contributed by atoms with Gasteiger partial charge < -0.3 is 10.1 Å². The Morgan fingerprint density at radius 2 is 2.00 bits per heavy atom. The number of likely N-dealkylation sites (N-methyl/N-ethyl adjacent to an activating group) is 1. The van der Waals surface area contributed by atoms with Crippen LogP contribution in [0.1, 0.15) is 18.4 Å². The molecule has 0 saturated carbocycles. The first-order chi connectivity index (χ1) is 7.76. The van der Waals surface area contributed by atoms with Gasteiger partial charge in [0.15, 0.2) is 0 Å². The molecule has 1 aromatic carbocycles. The van der Waals surface area contributed by atoms with Crippen LogP contribution in [0.4, 0.5) is 4.39 Å². The zero-order valence-corrected chi connectivity index (χ0v) is 10.0. The van der Waals surface area contributed by atoms with Crippen LogP contribution in [-0.2, 0) is 11.2 Å². The van der Waals surface area contributed by atoms with E-state index in [0.717, 1.165) is 31.4 Å². The summed E-state index contributed by atoms with van der Waals surface area (Å²) in [6, 6.07) is 7.14. The van der Waals surface area contributed by atoms with Crippen LogP contribution in [0.2, 0.25) is 0 Å². The van der Waals surface area contributed by atoms with E-state index >= 15 is 0 Å². The van der Waals surface area contributed by atoms with Gasteiger partial charge in [0.25, 0.3) is 0 Å². The quantitative estimate of drug-likeness (QED) is 0.719. The molecule has 0 heterocycles. The van der Waals surface area contributed by atoms with E-state index in [1.807, 2.05) is 19.2 Å². The van der Waals surface area contributed by atoms with Gasteiger partial charge in [0.1, 0.15) is 5.82 Å². The lowest BCUT2D eigenvalue weighted by Crippen LogP contribution is -2.27. The Balaban J connectivity index is 2.40. The lowest BCUT2D eigenvalue weighted by molar-refractivity contribution is 0.189. The highest BCUT2D eigenvalue weighted by atomic mass is 19.1. The molecule has 16 heavy (non-hydrogen) atoms. The molecule has 1 N–H and O–H groups in total. The zero-order chi connectivity index (χ0) is 11.8. The normalized spacial score (nSPS) is 12.7. The van der Waals surface area contributed by atoms with Crippen molar-refractivity contribution in [3.63, 3.8) is 0 Å². The van der Waals surface area contributed by atoms with Gasteiger partial charge >= 0.3 is 0 Å². The van der Waals surface area contributed by atoms with E-state index in [-0.39, 0.29) is 5.82 Å². The molecule has 0 spiro atoms. The van der Waals surface area contributed by atoms with Gasteiger partial charge in [0.2, 0.25) is 0 Å². The fraction of sp³-hybridized carbons (Fsp3) is 0.538. The summed E-state index contributed by atoms with van der Waals surface area (Å²) in [7, 11) is 3.68. The Kier molecular flexibility index (Phi) is 6.04. The molecule has 0 aliphatic heterocycles. The molecule has 90 valence electrons. The monoisotopic (exact) mass is 225 g/mol. The van der Waals surface area contributed by atoms with Gasteiger partial charge in [-0.3, -0.25) is 0 Å². The predicted molar refractivity (Wildman–Crippen MR) is 64.1 cm³/mol. The van der Waals surface area contributed by atoms with Gasteiger partial charge in [-0.05, 0) is 44.0 Å². The Hall–Kier alpha value is -0.930. The van der Waals surface area contributed by atoms with E-state index in [1.54, 1.807) is 7.11 Å². The highest BCUT2D eigenvalue weighted by Gasteiger charge is 2.06. The molecule has 1 unspecified atom stereocenters. The van der Waals surface area contributed by atoms with Gasteiger partial charge in [-0.2, -0.15) is 0 Å². The lowest BCUT2D eigenvalue weighted by atomic mass is 10.0. The molecule has 0 aliphatic carbocycles. The van der Waals surface area contributed by atoms with Crippen molar-refractivity contribution in [1.29, 1.82) is 0 Å². The molecule has 0 aliphatic rings. The number of methoxy groups -OCH3 is 1. The van der Waals surface area contributed by atoms with E-state index in [4.69, 9.17) is 4.74 Å². The van der Waals surface area contributed by atoms with Crippen LogP contribution in [-0.4, -0.2) is 26.8 Å². The summed E-state index contributed by atoms with van der Waals surface area (Å²) in [6.45, 7) is 0.793. The summed E-state index contributed by atoms with van der Waals surface area (Å²) < 4.78 is 17.7. The second kappa shape index (κ2) is 7.36. The highest BCUT2D eigenvalue weighted by Crippen LogP contribution is 2.09. The summed E-state index contributed by atoms with van der Waals surface area (Å²) in [6.07, 6.45) is 3.05. The predicted octanol–water partition coefficient (Wildman–Crippen LogP) is 2.38. The van der Waals surface area contributed by atoms with E-state index in [2.05, 4.69) is 5.32 Å². The highest BCUT2D eigenvalue weighted by molar-refractivity contribution is 5.17. The average Bonchev–Trinajstić information content (AvgIpc) is 2.31. The number of halogens is 1. The minimum absolute atomic E-state index is 0.177. The molecular formula is C13H20FNO. The van der Waals surface area contributed by atoms with E-state index < -0.39 is 0 Å². The van der Waals surface area contributed by atoms with E-state index in [0.29, 0.717) is 6.04 Å². The number of hydrogen-bond donors (Lipinski definition) is 1. The maximum absolute atomic E-state index is 12.7. The minimum atomic E-state index is -0.177. The molecule has 0 saturated heterocycles. The first kappa shape index (κ1) is 13.1. The number of ether oxygens (including phenoxy) is 1. The van der Waals surface area contributed by atoms with Crippen molar-refractivity contribution >= 4 is 0 Å². The maximum atomic E-state index is 12.7. The molecule has 0 amide bonds. The fourth-order valence-corrected chi connectivity index (χ4v) is 1.73. The maximum Gasteiger partial charge on any atom is 0.123 e. The summed E-state index contributed by atoms with van der Waals surface area (Å²) >= 11 is 0. The fourth-order valence-electron chi connectivity index (χ4n) is 1.73. The minimum Gasteiger partial charge on any atom is -0.385 e. The largest absolute Gasteiger partial charge is 0.385 e. The summed E-state index contributed by atoms with van der Waals surface area (Å²) in [5, 5.41) is 3.27. The van der Waals surface area contributed by atoms with E-state index in [1.165, 1.54) is 12.1 Å². The summed E-state index contributed by atoms with van der Waals surface area (Å²) in [5.41, 5.74) is 1.16. The summed E-state index contributed by atoms with van der Waals surface area (Å²) in [5.74, 6) is -0.177. The third-order valence-corrected chi connectivity index (χ3v) is 2.70. The molecule has 0 radical (unpaired) electrons. The van der Waals surface area contributed by atoms with Crippen LogP contribution >= 0.6 is 0 Å². The third-order valence-electron chi connectivity index (χ3n) is 2.70. The second-order valence-corrected chi connectivity index (χ2v) is 3.95. The van der Waals surface area contributed by atoms with Crippen LogP contribution in [0.3, 0.4) is 0 Å². The molecule has 1 atom stereocenters. The van der Waals surface area contributed by atoms with Crippen LogP contribution < -0.4 is 5.32 Å². The number of nitrogens with one attached hydrogen (secondary N) is 1. The zero-order valence-electron chi connectivity index (χ0n) is 10.0. The van der Waals surface area contributed by atoms with E-state index in [9.17, 15) is 4.39 Å². The van der Waals surface area contributed by atoms with Crippen molar-refractivity contribution in [3.05, 3.63) is 35.6 Å². The number of hydrogen-bond acceptors (Lipinski definition) is 2. The SMILES string of the molecule is CNC(CCCOC)Cc1ccc(F)cc1. The van der Waals surface area contributed by atoms with Crippen molar-refractivity contribution < 1.29 is 9.13 Å². The number of rotatable bonds is 7. The van der Waals surface area contributed by atoms with Crippen LogP contribution in [0.5, 0.6) is 0 Å². The van der Waals surface area contributed by atoms with Gasteiger partial charge in [0, 0.05) is 19.8 Å². The number of benzene rings is 1. The third kappa shape index (κ3) is 4.73.